The van der Waals surface area contributed by atoms with Gasteiger partial charge in [0.25, 0.3) is 0 Å². The number of aromatic nitrogens is 3. The zero-order valence-electron chi connectivity index (χ0n) is 21.7. The number of hydrogen-bond donors (Lipinski definition) is 3. The molecule has 3 aromatic rings. The van der Waals surface area contributed by atoms with Gasteiger partial charge in [-0.3, -0.25) is 4.79 Å². The van der Waals surface area contributed by atoms with Crippen LogP contribution in [0.2, 0.25) is 0 Å². The molecular formula is C26H35F3N6O4S. The lowest BCUT2D eigenvalue weighted by molar-refractivity contribution is -0.137. The van der Waals surface area contributed by atoms with Crippen molar-refractivity contribution in [3.8, 4) is 11.4 Å². The maximum Gasteiger partial charge on any atom is 0.416 e. The Balaban J connectivity index is 0.000000258. The van der Waals surface area contributed by atoms with E-state index in [1.54, 1.807) is 6.20 Å². The number of pyridine rings is 1. The summed E-state index contributed by atoms with van der Waals surface area (Å²) in [4.78, 5) is 24.8. The molecule has 0 unspecified atom stereocenters. The molecule has 3 fully saturated rings. The molecule has 14 heteroatoms. The number of H-pyrrole nitrogens is 1. The Kier molecular flexibility index (Phi) is 8.02. The molecule has 4 heterocycles. The van der Waals surface area contributed by atoms with Crippen LogP contribution in [0.25, 0.3) is 22.4 Å². The van der Waals surface area contributed by atoms with Crippen LogP contribution in [0.3, 0.4) is 0 Å². The quantitative estimate of drug-likeness (QED) is 0.423. The number of halogens is 3. The van der Waals surface area contributed by atoms with Crippen molar-refractivity contribution < 1.29 is 34.3 Å². The third-order valence-corrected chi connectivity index (χ3v) is 8.98. The SMILES string of the molecule is O=C1CN(C2CCCCC2)S(=O)(=O)N1.OC1CCN(c2ccc(-c3nc4ccc(C(F)(F)F)cc4[nH]3)cn2)CC1.[HH].[HH]. The Morgan fingerprint density at radius 2 is 1.75 bits per heavy atom. The summed E-state index contributed by atoms with van der Waals surface area (Å²) < 4.78 is 64.7. The van der Waals surface area contributed by atoms with Crippen molar-refractivity contribution in [2.45, 2.75) is 63.3 Å². The number of alkyl halides is 3. The van der Waals surface area contributed by atoms with E-state index in [4.69, 9.17) is 0 Å². The average Bonchev–Trinajstić information content (AvgIpc) is 3.48. The van der Waals surface area contributed by atoms with Gasteiger partial charge in [-0.05, 0) is 56.0 Å². The van der Waals surface area contributed by atoms with Crippen LogP contribution in [0, 0.1) is 0 Å². The normalized spacial score (nSPS) is 20.8. The van der Waals surface area contributed by atoms with Gasteiger partial charge in [0.1, 0.15) is 11.6 Å². The number of hydrogen-bond acceptors (Lipinski definition) is 7. The van der Waals surface area contributed by atoms with Gasteiger partial charge in [-0.25, -0.2) is 14.7 Å². The monoisotopic (exact) mass is 584 g/mol. The van der Waals surface area contributed by atoms with Crippen LogP contribution in [0.4, 0.5) is 19.0 Å². The van der Waals surface area contributed by atoms with Crippen molar-refractivity contribution in [2.24, 2.45) is 0 Å². The molecule has 1 aromatic carbocycles. The number of nitrogens with one attached hydrogen (secondary N) is 2. The van der Waals surface area contributed by atoms with E-state index in [0.717, 1.165) is 56.7 Å². The summed E-state index contributed by atoms with van der Waals surface area (Å²) in [5, 5.41) is 9.58. The highest BCUT2D eigenvalue weighted by atomic mass is 32.2. The summed E-state index contributed by atoms with van der Waals surface area (Å²) in [7, 11) is -3.50. The Morgan fingerprint density at radius 1 is 1.02 bits per heavy atom. The van der Waals surface area contributed by atoms with Crippen LogP contribution in [0.1, 0.15) is 53.4 Å². The highest BCUT2D eigenvalue weighted by Crippen LogP contribution is 2.32. The Labute approximate surface area is 232 Å². The number of nitrogens with zero attached hydrogens (tertiary/aromatic N) is 4. The predicted octanol–water partition coefficient (Wildman–Crippen LogP) is 4.09. The lowest BCUT2D eigenvalue weighted by atomic mass is 9.95. The third kappa shape index (κ3) is 6.39. The van der Waals surface area contributed by atoms with Crippen molar-refractivity contribution >= 4 is 33.0 Å². The number of imidazole rings is 1. The number of benzene rings is 1. The molecule has 0 radical (unpaired) electrons. The number of carbonyl (C=O) groups is 1. The zero-order chi connectivity index (χ0) is 28.5. The highest BCUT2D eigenvalue weighted by Gasteiger charge is 2.39. The molecule has 40 heavy (non-hydrogen) atoms. The van der Waals surface area contributed by atoms with Crippen LogP contribution >= 0.6 is 0 Å². The van der Waals surface area contributed by atoms with Crippen molar-refractivity contribution in [3.63, 3.8) is 0 Å². The number of aliphatic hydroxyl groups excluding tert-OH is 1. The number of anilines is 1. The van der Waals surface area contributed by atoms with Gasteiger partial charge in [0, 0.05) is 33.7 Å². The van der Waals surface area contributed by atoms with E-state index in [1.807, 2.05) is 16.9 Å². The van der Waals surface area contributed by atoms with E-state index >= 15 is 0 Å². The number of aromatic amines is 1. The first-order valence-corrected chi connectivity index (χ1v) is 14.7. The standard InChI is InChI=1S/C18H17F3N4O.C8H14N2O3S.2H2/c19-18(20,21)12-2-3-14-15(9-12)24-17(23-14)11-1-4-16(22-10-11)25-7-5-13(26)6-8-25;11-8-6-10(14(12,13)9-8)7-4-2-1-3-5-7;;/h1-4,9-10,13,26H,5-8H2,(H,23,24);7H,1-6H2,(H,9,11);2*1H. The van der Waals surface area contributed by atoms with Crippen molar-refractivity contribution in [2.75, 3.05) is 24.5 Å². The van der Waals surface area contributed by atoms with Crippen molar-refractivity contribution in [1.82, 2.24) is 24.0 Å². The Bertz CT molecular complexity index is 1460. The topological polar surface area (TPSA) is 132 Å². The van der Waals surface area contributed by atoms with Gasteiger partial charge in [-0.1, -0.05) is 19.3 Å². The molecule has 2 aromatic heterocycles. The first-order valence-electron chi connectivity index (χ1n) is 13.3. The summed E-state index contributed by atoms with van der Waals surface area (Å²) in [6.45, 7) is 1.50. The minimum absolute atomic E-state index is 0. The number of piperidine rings is 1. The van der Waals surface area contributed by atoms with E-state index in [2.05, 4.69) is 19.9 Å². The van der Waals surface area contributed by atoms with Gasteiger partial charge in [0.15, 0.2) is 0 Å². The van der Waals surface area contributed by atoms with Crippen LogP contribution in [0.15, 0.2) is 36.5 Å². The van der Waals surface area contributed by atoms with E-state index in [0.29, 0.717) is 35.3 Å². The van der Waals surface area contributed by atoms with Gasteiger partial charge in [0.2, 0.25) is 5.91 Å². The fourth-order valence-corrected chi connectivity index (χ4v) is 6.65. The maximum absolute atomic E-state index is 12.8. The van der Waals surface area contributed by atoms with Crippen LogP contribution < -0.4 is 9.62 Å². The molecule has 0 bridgehead atoms. The molecule has 10 nitrogen and oxygen atoms in total. The summed E-state index contributed by atoms with van der Waals surface area (Å²) in [5.41, 5.74) is 0.808. The summed E-state index contributed by atoms with van der Waals surface area (Å²) in [6, 6.07) is 7.19. The minimum Gasteiger partial charge on any atom is -0.393 e. The molecule has 3 N–H and O–H groups in total. The number of amides is 1. The molecule has 2 saturated heterocycles. The largest absolute Gasteiger partial charge is 0.416 e. The second-order valence-electron chi connectivity index (χ2n) is 10.3. The first kappa shape index (κ1) is 28.3. The molecule has 1 aliphatic carbocycles. The lowest BCUT2D eigenvalue weighted by Crippen LogP contribution is -2.39. The molecule has 2 aliphatic heterocycles. The molecule has 220 valence electrons. The Hall–Kier alpha value is -3.23. The van der Waals surface area contributed by atoms with E-state index in [-0.39, 0.29) is 21.5 Å². The van der Waals surface area contributed by atoms with Gasteiger partial charge >= 0.3 is 16.4 Å². The molecule has 0 atom stereocenters. The molecule has 0 spiro atoms. The number of carbonyl (C=O) groups excluding carboxylic acids is 1. The van der Waals surface area contributed by atoms with E-state index < -0.39 is 27.9 Å². The molecule has 1 saturated carbocycles. The Morgan fingerprint density at radius 3 is 2.35 bits per heavy atom. The molecule has 1 amide bonds. The van der Waals surface area contributed by atoms with Crippen molar-refractivity contribution in [1.29, 1.82) is 0 Å². The molecular weight excluding hydrogens is 549 g/mol. The second kappa shape index (κ2) is 11.3. The fraction of sp³-hybridized carbons (Fsp3) is 0.500. The minimum atomic E-state index is -4.38. The third-order valence-electron chi connectivity index (χ3n) is 7.45. The predicted molar refractivity (Wildman–Crippen MR) is 147 cm³/mol. The fourth-order valence-electron chi connectivity index (χ4n) is 5.29. The first-order chi connectivity index (χ1) is 19.0. The number of fused-ring (bicyclic) bond motifs is 1. The maximum atomic E-state index is 12.8. The summed E-state index contributed by atoms with van der Waals surface area (Å²) in [5.74, 6) is 0.888. The van der Waals surface area contributed by atoms with Gasteiger partial charge in [-0.15, -0.1) is 0 Å². The van der Waals surface area contributed by atoms with Crippen LogP contribution in [-0.2, 0) is 21.2 Å². The highest BCUT2D eigenvalue weighted by molar-refractivity contribution is 7.88. The van der Waals surface area contributed by atoms with E-state index in [9.17, 15) is 31.5 Å². The van der Waals surface area contributed by atoms with Crippen LogP contribution in [0.5, 0.6) is 0 Å². The molecule has 6 rings (SSSR count). The van der Waals surface area contributed by atoms with Crippen molar-refractivity contribution in [3.05, 3.63) is 42.1 Å². The smallest absolute Gasteiger partial charge is 0.393 e. The number of aliphatic hydroxyl groups is 1. The second-order valence-corrected chi connectivity index (χ2v) is 11.9. The zero-order valence-corrected chi connectivity index (χ0v) is 22.5. The number of rotatable bonds is 3. The van der Waals surface area contributed by atoms with E-state index in [1.165, 1.54) is 16.8 Å². The lowest BCUT2D eigenvalue weighted by Gasteiger charge is -2.30. The van der Waals surface area contributed by atoms with Gasteiger partial charge in [-0.2, -0.15) is 25.9 Å². The molecule has 3 aliphatic rings. The van der Waals surface area contributed by atoms with Gasteiger partial charge < -0.3 is 15.0 Å². The summed E-state index contributed by atoms with van der Waals surface area (Å²) in [6.07, 6.45) is 3.52. The van der Waals surface area contributed by atoms with Crippen LogP contribution in [-0.4, -0.2) is 70.5 Å². The summed E-state index contributed by atoms with van der Waals surface area (Å²) >= 11 is 0. The van der Waals surface area contributed by atoms with Gasteiger partial charge in [0.05, 0.1) is 29.2 Å². The average molecular weight is 585 g/mol.